The van der Waals surface area contributed by atoms with E-state index in [-0.39, 0.29) is 11.6 Å². The molecule has 3 heterocycles. The molecule has 1 aromatic carbocycles. The van der Waals surface area contributed by atoms with Gasteiger partial charge in [0.15, 0.2) is 0 Å². The van der Waals surface area contributed by atoms with Gasteiger partial charge in [0, 0.05) is 42.2 Å². The number of hydrogen-bond acceptors (Lipinski definition) is 6. The third kappa shape index (κ3) is 5.66. The highest BCUT2D eigenvalue weighted by atomic mass is 32.2. The molecule has 0 unspecified atom stereocenters. The number of aromatic nitrogens is 2. The van der Waals surface area contributed by atoms with Gasteiger partial charge in [0.2, 0.25) is 11.0 Å². The van der Waals surface area contributed by atoms with E-state index in [2.05, 4.69) is 20.0 Å². The third-order valence-electron chi connectivity index (χ3n) is 5.08. The van der Waals surface area contributed by atoms with Crippen LogP contribution in [0.1, 0.15) is 18.1 Å². The smallest absolute Gasteiger partial charge is 0.416 e. The van der Waals surface area contributed by atoms with Crippen LogP contribution in [0.3, 0.4) is 0 Å². The number of rotatable bonds is 7. The molecule has 182 valence electrons. The van der Waals surface area contributed by atoms with Crippen LogP contribution in [0.4, 0.5) is 13.2 Å². The summed E-state index contributed by atoms with van der Waals surface area (Å²) >= 11 is 0. The molecule has 0 fully saturated rings. The summed E-state index contributed by atoms with van der Waals surface area (Å²) in [6.45, 7) is 1.44. The summed E-state index contributed by atoms with van der Waals surface area (Å²) < 4.78 is 71.1. The topological polar surface area (TPSA) is 114 Å². The highest BCUT2D eigenvalue weighted by Crippen LogP contribution is 2.30. The molecule has 35 heavy (non-hydrogen) atoms. The van der Waals surface area contributed by atoms with Crippen LogP contribution in [0.5, 0.6) is 0 Å². The number of nitrogens with zero attached hydrogens (tertiary/aromatic N) is 2. The van der Waals surface area contributed by atoms with Gasteiger partial charge in [0.25, 0.3) is 10.0 Å². The Morgan fingerprint density at radius 2 is 1.83 bits per heavy atom. The molecule has 3 aromatic heterocycles. The van der Waals surface area contributed by atoms with Gasteiger partial charge in [-0.1, -0.05) is 12.1 Å². The second kappa shape index (κ2) is 9.47. The standard InChI is InChI=1S/C23H19F3N4O4S/c1-14(30-35(32,33)21-11-17-13-27-8-7-20(17)34-21)22(31)29-12-15-6-9-28-19(10-15)16-2-4-18(5-3-16)23(24,25)26/h2-11,13-14,30H,12H2,1H3,(H,29,31)/t14-/m0/s1. The monoisotopic (exact) mass is 504 g/mol. The predicted octanol–water partition coefficient (Wildman–Crippen LogP) is 3.89. The van der Waals surface area contributed by atoms with E-state index in [0.717, 1.165) is 12.1 Å². The average Bonchev–Trinajstić information content (AvgIpc) is 3.27. The highest BCUT2D eigenvalue weighted by molar-refractivity contribution is 7.89. The van der Waals surface area contributed by atoms with E-state index >= 15 is 0 Å². The second-order valence-corrected chi connectivity index (χ2v) is 9.31. The number of nitrogens with one attached hydrogen (secondary N) is 2. The van der Waals surface area contributed by atoms with Crippen LogP contribution in [-0.2, 0) is 27.5 Å². The summed E-state index contributed by atoms with van der Waals surface area (Å²) in [6, 6.07) is 9.56. The number of carbonyl (C=O) groups excluding carboxylic acids is 1. The van der Waals surface area contributed by atoms with Crippen LogP contribution in [0.2, 0.25) is 0 Å². The molecular formula is C23H19F3N4O4S. The zero-order valence-electron chi connectivity index (χ0n) is 18.2. The van der Waals surface area contributed by atoms with Gasteiger partial charge in [-0.2, -0.15) is 17.9 Å². The quantitative estimate of drug-likeness (QED) is 0.395. The molecule has 0 saturated carbocycles. The summed E-state index contributed by atoms with van der Waals surface area (Å²) in [7, 11) is -4.10. The fourth-order valence-corrected chi connectivity index (χ4v) is 4.42. The van der Waals surface area contributed by atoms with Gasteiger partial charge < -0.3 is 9.73 Å². The van der Waals surface area contributed by atoms with E-state index in [1.54, 1.807) is 12.1 Å². The number of carbonyl (C=O) groups is 1. The molecule has 0 saturated heterocycles. The molecule has 8 nitrogen and oxygen atoms in total. The lowest BCUT2D eigenvalue weighted by Crippen LogP contribution is -2.44. The Labute approximate surface area is 198 Å². The Hall–Kier alpha value is -3.77. The molecule has 0 bridgehead atoms. The first-order valence-corrected chi connectivity index (χ1v) is 11.8. The molecule has 0 aliphatic heterocycles. The van der Waals surface area contributed by atoms with Crippen LogP contribution >= 0.6 is 0 Å². The van der Waals surface area contributed by atoms with E-state index in [9.17, 15) is 26.4 Å². The molecule has 12 heteroatoms. The number of hydrogen-bond donors (Lipinski definition) is 2. The van der Waals surface area contributed by atoms with E-state index < -0.39 is 33.7 Å². The van der Waals surface area contributed by atoms with Crippen molar-refractivity contribution in [2.75, 3.05) is 0 Å². The van der Waals surface area contributed by atoms with Crippen molar-refractivity contribution in [1.29, 1.82) is 0 Å². The Kier molecular flexibility index (Phi) is 6.59. The molecule has 1 amide bonds. The lowest BCUT2D eigenvalue weighted by atomic mass is 10.1. The van der Waals surface area contributed by atoms with E-state index in [0.29, 0.717) is 27.8 Å². The minimum Gasteiger partial charge on any atom is -0.443 e. The summed E-state index contributed by atoms with van der Waals surface area (Å²) in [5.41, 5.74) is 1.12. The van der Waals surface area contributed by atoms with Gasteiger partial charge in [-0.25, -0.2) is 8.42 Å². The lowest BCUT2D eigenvalue weighted by molar-refractivity contribution is -0.137. The number of amides is 1. The molecule has 4 aromatic rings. The highest BCUT2D eigenvalue weighted by Gasteiger charge is 2.30. The van der Waals surface area contributed by atoms with Crippen molar-refractivity contribution in [2.45, 2.75) is 30.8 Å². The first kappa shape index (κ1) is 24.4. The summed E-state index contributed by atoms with van der Waals surface area (Å²) in [5, 5.41) is 2.79. The van der Waals surface area contributed by atoms with Crippen molar-refractivity contribution in [1.82, 2.24) is 20.0 Å². The molecule has 0 radical (unpaired) electrons. The van der Waals surface area contributed by atoms with Gasteiger partial charge in [0.05, 0.1) is 17.3 Å². The summed E-state index contributed by atoms with van der Waals surface area (Å²) in [5.74, 6) is -0.584. The minimum atomic E-state index is -4.43. The van der Waals surface area contributed by atoms with Crippen LogP contribution in [0, 0.1) is 0 Å². The number of furan rings is 1. The van der Waals surface area contributed by atoms with Crippen molar-refractivity contribution < 1.29 is 30.8 Å². The van der Waals surface area contributed by atoms with E-state index in [4.69, 9.17) is 4.42 Å². The second-order valence-electron chi connectivity index (χ2n) is 7.66. The average molecular weight is 504 g/mol. The Balaban J connectivity index is 1.39. The number of benzene rings is 1. The van der Waals surface area contributed by atoms with Crippen LogP contribution in [-0.4, -0.2) is 30.3 Å². The SMILES string of the molecule is C[C@H](NS(=O)(=O)c1cc2cnccc2o1)C(=O)NCc1ccnc(-c2ccc(C(F)(F)F)cc2)c1. The van der Waals surface area contributed by atoms with Crippen LogP contribution in [0.25, 0.3) is 22.2 Å². The van der Waals surface area contributed by atoms with Gasteiger partial charge >= 0.3 is 6.18 Å². The van der Waals surface area contributed by atoms with E-state index in [1.807, 2.05) is 0 Å². The Morgan fingerprint density at radius 1 is 1.09 bits per heavy atom. The van der Waals surface area contributed by atoms with Crippen molar-refractivity contribution >= 4 is 26.9 Å². The molecular weight excluding hydrogens is 485 g/mol. The molecule has 0 aliphatic rings. The lowest BCUT2D eigenvalue weighted by Gasteiger charge is -2.14. The predicted molar refractivity (Wildman–Crippen MR) is 120 cm³/mol. The Bertz CT molecular complexity index is 1440. The largest absolute Gasteiger partial charge is 0.443 e. The van der Waals surface area contributed by atoms with Crippen LogP contribution in [0.15, 0.2) is 76.6 Å². The van der Waals surface area contributed by atoms with Crippen molar-refractivity contribution in [3.05, 3.63) is 78.2 Å². The first-order chi connectivity index (χ1) is 16.5. The number of alkyl halides is 3. The Morgan fingerprint density at radius 3 is 2.51 bits per heavy atom. The first-order valence-electron chi connectivity index (χ1n) is 10.3. The summed E-state index contributed by atoms with van der Waals surface area (Å²) in [6.07, 6.45) is -0.0373. The van der Waals surface area contributed by atoms with Gasteiger partial charge in [0.1, 0.15) is 5.58 Å². The maximum atomic E-state index is 12.8. The molecule has 1 atom stereocenters. The van der Waals surface area contributed by atoms with Crippen LogP contribution < -0.4 is 10.0 Å². The summed E-state index contributed by atoms with van der Waals surface area (Å²) in [4.78, 5) is 20.5. The zero-order valence-corrected chi connectivity index (χ0v) is 19.0. The fraction of sp³-hybridized carbons (Fsp3) is 0.174. The molecule has 2 N–H and O–H groups in total. The maximum absolute atomic E-state index is 12.8. The fourth-order valence-electron chi connectivity index (χ4n) is 3.25. The van der Waals surface area contributed by atoms with Crippen molar-refractivity contribution in [3.63, 3.8) is 0 Å². The minimum absolute atomic E-state index is 0.0529. The molecule has 4 rings (SSSR count). The van der Waals surface area contributed by atoms with Gasteiger partial charge in [-0.05, 0) is 42.8 Å². The van der Waals surface area contributed by atoms with Crippen molar-refractivity contribution in [3.8, 4) is 11.3 Å². The number of sulfonamides is 1. The number of pyridine rings is 2. The third-order valence-corrected chi connectivity index (χ3v) is 6.48. The van der Waals surface area contributed by atoms with Crippen molar-refractivity contribution in [2.24, 2.45) is 0 Å². The van der Waals surface area contributed by atoms with E-state index in [1.165, 1.54) is 49.8 Å². The van der Waals surface area contributed by atoms with Gasteiger partial charge in [-0.3, -0.25) is 14.8 Å². The number of halogens is 3. The molecule has 0 spiro atoms. The van der Waals surface area contributed by atoms with Gasteiger partial charge in [-0.15, -0.1) is 0 Å². The molecule has 0 aliphatic carbocycles. The normalized spacial score (nSPS) is 13.0. The zero-order chi connectivity index (χ0) is 25.2. The number of fused-ring (bicyclic) bond motifs is 1. The maximum Gasteiger partial charge on any atom is 0.416 e.